The molecule has 1 aliphatic rings. The zero-order valence-corrected chi connectivity index (χ0v) is 15.5. The van der Waals surface area contributed by atoms with E-state index in [4.69, 9.17) is 4.52 Å². The lowest BCUT2D eigenvalue weighted by Gasteiger charge is -2.37. The van der Waals surface area contributed by atoms with Gasteiger partial charge in [-0.25, -0.2) is 0 Å². The molecule has 0 radical (unpaired) electrons. The Kier molecular flexibility index (Phi) is 4.80. The van der Waals surface area contributed by atoms with Gasteiger partial charge in [-0.15, -0.1) is 0 Å². The average Bonchev–Trinajstić information content (AvgIpc) is 3.07. The Morgan fingerprint density at radius 3 is 2.65 bits per heavy atom. The lowest BCUT2D eigenvalue weighted by atomic mass is 9.84. The van der Waals surface area contributed by atoms with Crippen molar-refractivity contribution in [3.05, 3.63) is 47.6 Å². The third-order valence-corrected chi connectivity index (χ3v) is 4.81. The molecule has 7 heteroatoms. The van der Waals surface area contributed by atoms with Crippen LogP contribution in [-0.2, 0) is 15.1 Å². The number of hydrogen-bond donors (Lipinski definition) is 1. The van der Waals surface area contributed by atoms with Crippen molar-refractivity contribution in [1.82, 2.24) is 20.4 Å². The van der Waals surface area contributed by atoms with Crippen molar-refractivity contribution < 1.29 is 14.1 Å². The maximum Gasteiger partial charge on any atom is 0.232 e. The van der Waals surface area contributed by atoms with Crippen LogP contribution in [0.25, 0.3) is 0 Å². The van der Waals surface area contributed by atoms with Gasteiger partial charge < -0.3 is 14.7 Å². The van der Waals surface area contributed by atoms with Gasteiger partial charge in [0.25, 0.3) is 0 Å². The molecule has 1 saturated heterocycles. The molecule has 2 amide bonds. The van der Waals surface area contributed by atoms with E-state index < -0.39 is 5.54 Å². The molecule has 0 spiro atoms. The summed E-state index contributed by atoms with van der Waals surface area (Å²) in [6.07, 6.45) is 1.09. The van der Waals surface area contributed by atoms with E-state index in [0.29, 0.717) is 24.6 Å². The first-order valence-corrected chi connectivity index (χ1v) is 8.73. The number of likely N-dealkylation sites (tertiary alicyclic amines) is 1. The van der Waals surface area contributed by atoms with Crippen LogP contribution in [-0.4, -0.2) is 33.9 Å². The minimum Gasteiger partial charge on any atom is -0.344 e. The van der Waals surface area contributed by atoms with E-state index in [-0.39, 0.29) is 23.8 Å². The van der Waals surface area contributed by atoms with Crippen molar-refractivity contribution in [2.45, 2.75) is 51.1 Å². The summed E-state index contributed by atoms with van der Waals surface area (Å²) in [4.78, 5) is 30.0. The zero-order chi connectivity index (χ0) is 18.9. The molecule has 0 saturated carbocycles. The van der Waals surface area contributed by atoms with E-state index in [1.165, 1.54) is 6.92 Å². The molecule has 138 valence electrons. The highest BCUT2D eigenvalue weighted by molar-refractivity contribution is 5.77. The molecular formula is C19H24N4O3. The van der Waals surface area contributed by atoms with E-state index >= 15 is 0 Å². The minimum absolute atomic E-state index is 0.0884. The predicted octanol–water partition coefficient (Wildman–Crippen LogP) is 2.52. The maximum absolute atomic E-state index is 12.3. The number of benzene rings is 1. The number of aromatic nitrogens is 2. The van der Waals surface area contributed by atoms with Gasteiger partial charge in [-0.3, -0.25) is 9.59 Å². The number of amides is 2. The number of likely N-dealkylation sites (N-methyl/N-ethyl adjacent to an activating group) is 1. The largest absolute Gasteiger partial charge is 0.344 e. The molecule has 1 aromatic carbocycles. The smallest absolute Gasteiger partial charge is 0.232 e. The molecule has 2 atom stereocenters. The van der Waals surface area contributed by atoms with Crippen LogP contribution in [0.5, 0.6) is 0 Å². The van der Waals surface area contributed by atoms with E-state index in [1.54, 1.807) is 4.90 Å². The number of nitrogens with one attached hydrogen (secondary N) is 1. The van der Waals surface area contributed by atoms with Gasteiger partial charge in [-0.2, -0.15) is 4.98 Å². The molecule has 2 heterocycles. The van der Waals surface area contributed by atoms with Crippen LogP contribution in [0.15, 0.2) is 34.9 Å². The van der Waals surface area contributed by atoms with E-state index in [9.17, 15) is 9.59 Å². The molecule has 1 aromatic heterocycles. The maximum atomic E-state index is 12.3. The van der Waals surface area contributed by atoms with E-state index in [2.05, 4.69) is 15.5 Å². The Morgan fingerprint density at radius 2 is 2.00 bits per heavy atom. The molecule has 3 rings (SSSR count). The third-order valence-electron chi connectivity index (χ3n) is 4.81. The van der Waals surface area contributed by atoms with Gasteiger partial charge in [0.05, 0.1) is 17.5 Å². The van der Waals surface area contributed by atoms with Gasteiger partial charge in [0.15, 0.2) is 5.82 Å². The molecule has 1 aliphatic heterocycles. The van der Waals surface area contributed by atoms with Crippen LogP contribution >= 0.6 is 0 Å². The molecule has 1 fully saturated rings. The van der Waals surface area contributed by atoms with E-state index in [1.807, 2.05) is 51.2 Å². The predicted molar refractivity (Wildman–Crippen MR) is 95.1 cm³/mol. The fourth-order valence-corrected chi connectivity index (χ4v) is 3.54. The first-order chi connectivity index (χ1) is 12.3. The number of carbonyl (C=O) groups excluding carboxylic acids is 2. The van der Waals surface area contributed by atoms with Crippen LogP contribution in [0.3, 0.4) is 0 Å². The van der Waals surface area contributed by atoms with Gasteiger partial charge in [-0.05, 0) is 25.8 Å². The van der Waals surface area contributed by atoms with Crippen LogP contribution in [0.1, 0.15) is 62.9 Å². The summed E-state index contributed by atoms with van der Waals surface area (Å²) >= 11 is 0. The van der Waals surface area contributed by atoms with Gasteiger partial charge in [0.2, 0.25) is 17.7 Å². The summed E-state index contributed by atoms with van der Waals surface area (Å²) in [6.45, 7) is 5.11. The summed E-state index contributed by atoms with van der Waals surface area (Å²) in [6, 6.07) is 9.71. The second kappa shape index (κ2) is 6.90. The van der Waals surface area contributed by atoms with Gasteiger partial charge in [0, 0.05) is 20.4 Å². The first kappa shape index (κ1) is 18.1. The molecule has 7 nitrogen and oxygen atoms in total. The Bertz CT molecular complexity index is 800. The van der Waals surface area contributed by atoms with Crippen LogP contribution in [0, 0.1) is 0 Å². The van der Waals surface area contributed by atoms with Gasteiger partial charge in [0.1, 0.15) is 0 Å². The summed E-state index contributed by atoms with van der Waals surface area (Å²) in [5.41, 5.74) is 0.306. The van der Waals surface area contributed by atoms with Crippen molar-refractivity contribution in [2.24, 2.45) is 0 Å². The number of hydrogen-bond acceptors (Lipinski definition) is 5. The lowest BCUT2D eigenvalue weighted by Crippen LogP contribution is -2.41. The summed E-state index contributed by atoms with van der Waals surface area (Å²) < 4.78 is 5.56. The fourth-order valence-electron chi connectivity index (χ4n) is 3.54. The van der Waals surface area contributed by atoms with Crippen molar-refractivity contribution in [3.8, 4) is 0 Å². The number of carbonyl (C=O) groups is 2. The van der Waals surface area contributed by atoms with Crippen LogP contribution < -0.4 is 5.32 Å². The Hall–Kier alpha value is -2.70. The molecule has 2 unspecified atom stereocenters. The molecular weight excluding hydrogens is 332 g/mol. The standard InChI is InChI=1S/C19H24N4O3/c1-12(24)21-19(2,3)18-20-17(26-22-18)14-10-11-15(25)23(4)16(14)13-8-6-5-7-9-13/h5-9,14,16H,10-11H2,1-4H3,(H,21,24). The Morgan fingerprint density at radius 1 is 1.31 bits per heavy atom. The first-order valence-electron chi connectivity index (χ1n) is 8.73. The van der Waals surface area contributed by atoms with Gasteiger partial charge >= 0.3 is 0 Å². The molecule has 2 aromatic rings. The van der Waals surface area contributed by atoms with Gasteiger partial charge in [-0.1, -0.05) is 35.5 Å². The van der Waals surface area contributed by atoms with Crippen LogP contribution in [0.4, 0.5) is 0 Å². The quantitative estimate of drug-likeness (QED) is 0.909. The number of piperidine rings is 1. The lowest BCUT2D eigenvalue weighted by molar-refractivity contribution is -0.135. The summed E-state index contributed by atoms with van der Waals surface area (Å²) in [5, 5.41) is 6.91. The third kappa shape index (κ3) is 3.47. The molecule has 26 heavy (non-hydrogen) atoms. The van der Waals surface area contributed by atoms with Crippen LogP contribution in [0.2, 0.25) is 0 Å². The number of nitrogens with zero attached hydrogens (tertiary/aromatic N) is 3. The van der Waals surface area contributed by atoms with Crippen molar-refractivity contribution in [1.29, 1.82) is 0 Å². The highest BCUT2D eigenvalue weighted by Gasteiger charge is 2.39. The second-order valence-electron chi connectivity index (χ2n) is 7.27. The topological polar surface area (TPSA) is 88.3 Å². The molecule has 0 bridgehead atoms. The molecule has 1 N–H and O–H groups in total. The minimum atomic E-state index is -0.730. The van der Waals surface area contributed by atoms with Crippen molar-refractivity contribution in [2.75, 3.05) is 7.05 Å². The summed E-state index contributed by atoms with van der Waals surface area (Å²) in [7, 11) is 1.81. The second-order valence-corrected chi connectivity index (χ2v) is 7.27. The highest BCUT2D eigenvalue weighted by atomic mass is 16.5. The van der Waals surface area contributed by atoms with E-state index in [0.717, 1.165) is 5.56 Å². The fraction of sp³-hybridized carbons (Fsp3) is 0.474. The molecule has 0 aliphatic carbocycles. The average molecular weight is 356 g/mol. The SMILES string of the molecule is CC(=O)NC(C)(C)c1noc(C2CCC(=O)N(C)C2c2ccccc2)n1. The van der Waals surface area contributed by atoms with Crippen molar-refractivity contribution in [3.63, 3.8) is 0 Å². The monoisotopic (exact) mass is 356 g/mol. The van der Waals surface area contributed by atoms with Crippen molar-refractivity contribution >= 4 is 11.8 Å². The zero-order valence-electron chi connectivity index (χ0n) is 15.5. The Balaban J connectivity index is 1.94. The summed E-state index contributed by atoms with van der Waals surface area (Å²) in [5.74, 6) is 0.773. The number of rotatable bonds is 4. The normalized spacial score (nSPS) is 20.9. The highest BCUT2D eigenvalue weighted by Crippen LogP contribution is 2.41. The Labute approximate surface area is 152 Å².